The lowest BCUT2D eigenvalue weighted by Gasteiger charge is -2.17. The van der Waals surface area contributed by atoms with Crippen molar-refractivity contribution in [2.75, 3.05) is 18.5 Å². The second-order valence-electron chi connectivity index (χ2n) is 6.56. The fourth-order valence-corrected chi connectivity index (χ4v) is 2.96. The van der Waals surface area contributed by atoms with E-state index in [9.17, 15) is 28.2 Å². The van der Waals surface area contributed by atoms with Crippen LogP contribution >= 0.6 is 0 Å². The van der Waals surface area contributed by atoms with Gasteiger partial charge in [-0.3, -0.25) is 4.79 Å². The van der Waals surface area contributed by atoms with Crippen molar-refractivity contribution in [2.24, 2.45) is 0 Å². The Kier molecular flexibility index (Phi) is 5.92. The van der Waals surface area contributed by atoms with Crippen molar-refractivity contribution in [1.29, 1.82) is 0 Å². The number of fused-ring (bicyclic) bond motifs is 1. The number of H-pyrrole nitrogens is 1. The Labute approximate surface area is 163 Å². The molecule has 29 heavy (non-hydrogen) atoms. The minimum atomic E-state index is -4.56. The standard InChI is InChI=1S/C20H19F3N2O4/c21-20(22,23)15-4-2-1-3-13(15)16-7-11-5-6-12(8-14(11)19(29)25-16)24-9-17(27)18(28)10-26/h1-8,17-18,24,26-28H,9-10H2,(H,25,29)/t17-,18+/m0/s1. The molecule has 1 heterocycles. The summed E-state index contributed by atoms with van der Waals surface area (Å²) in [5.74, 6) is 0. The first kappa shape index (κ1) is 20.8. The number of halogens is 3. The molecule has 0 spiro atoms. The van der Waals surface area contributed by atoms with Gasteiger partial charge in [-0.2, -0.15) is 13.2 Å². The van der Waals surface area contributed by atoms with Gasteiger partial charge in [-0.05, 0) is 29.7 Å². The first-order valence-electron chi connectivity index (χ1n) is 8.75. The lowest BCUT2D eigenvalue weighted by atomic mass is 10.0. The van der Waals surface area contributed by atoms with Gasteiger partial charge >= 0.3 is 6.18 Å². The van der Waals surface area contributed by atoms with E-state index < -0.39 is 36.1 Å². The van der Waals surface area contributed by atoms with E-state index in [1.165, 1.54) is 30.3 Å². The van der Waals surface area contributed by atoms with Gasteiger partial charge in [0.05, 0.1) is 18.3 Å². The zero-order valence-corrected chi connectivity index (χ0v) is 15.1. The Bertz CT molecular complexity index is 1070. The summed E-state index contributed by atoms with van der Waals surface area (Å²) < 4.78 is 39.8. The number of aliphatic hydroxyl groups is 3. The van der Waals surface area contributed by atoms with Crippen LogP contribution in [0.3, 0.4) is 0 Å². The number of rotatable bonds is 6. The number of hydrogen-bond acceptors (Lipinski definition) is 5. The maximum Gasteiger partial charge on any atom is 0.417 e. The number of aromatic amines is 1. The number of nitrogens with one attached hydrogen (secondary N) is 2. The molecule has 0 saturated heterocycles. The molecule has 1 aromatic heterocycles. The van der Waals surface area contributed by atoms with Crippen molar-refractivity contribution in [3.63, 3.8) is 0 Å². The molecule has 9 heteroatoms. The number of hydrogen-bond donors (Lipinski definition) is 5. The van der Waals surface area contributed by atoms with E-state index in [4.69, 9.17) is 5.11 Å². The van der Waals surface area contributed by atoms with E-state index in [1.807, 2.05) is 0 Å². The molecule has 2 atom stereocenters. The summed E-state index contributed by atoms with van der Waals surface area (Å²) in [5.41, 5.74) is -1.01. The van der Waals surface area contributed by atoms with Crippen molar-refractivity contribution in [3.8, 4) is 11.3 Å². The Balaban J connectivity index is 1.95. The van der Waals surface area contributed by atoms with Crippen molar-refractivity contribution < 1.29 is 28.5 Å². The lowest BCUT2D eigenvalue weighted by molar-refractivity contribution is -0.137. The first-order chi connectivity index (χ1) is 13.7. The molecule has 3 aromatic rings. The van der Waals surface area contributed by atoms with E-state index in [0.29, 0.717) is 11.1 Å². The Morgan fingerprint density at radius 3 is 2.45 bits per heavy atom. The predicted molar refractivity (Wildman–Crippen MR) is 103 cm³/mol. The van der Waals surface area contributed by atoms with Crippen LogP contribution < -0.4 is 10.9 Å². The minimum Gasteiger partial charge on any atom is -0.394 e. The molecular formula is C20H19F3N2O4. The molecule has 154 valence electrons. The van der Waals surface area contributed by atoms with Gasteiger partial charge in [-0.25, -0.2) is 0 Å². The third kappa shape index (κ3) is 4.58. The highest BCUT2D eigenvalue weighted by Crippen LogP contribution is 2.36. The largest absolute Gasteiger partial charge is 0.417 e. The number of anilines is 1. The van der Waals surface area contributed by atoms with Crippen LogP contribution in [0, 0.1) is 0 Å². The molecule has 0 saturated carbocycles. The topological polar surface area (TPSA) is 106 Å². The average Bonchev–Trinajstić information content (AvgIpc) is 2.70. The fraction of sp³-hybridized carbons (Fsp3) is 0.250. The molecule has 0 aliphatic carbocycles. The van der Waals surface area contributed by atoms with Gasteiger partial charge in [0.2, 0.25) is 0 Å². The van der Waals surface area contributed by atoms with Gasteiger partial charge in [0, 0.05) is 28.9 Å². The van der Waals surface area contributed by atoms with E-state index in [0.717, 1.165) is 6.07 Å². The molecule has 6 nitrogen and oxygen atoms in total. The molecule has 3 rings (SSSR count). The number of benzene rings is 2. The van der Waals surface area contributed by atoms with Crippen molar-refractivity contribution in [3.05, 3.63) is 64.4 Å². The molecule has 2 aromatic carbocycles. The highest BCUT2D eigenvalue weighted by molar-refractivity contribution is 5.88. The van der Waals surface area contributed by atoms with Crippen LogP contribution in [0.2, 0.25) is 0 Å². The van der Waals surface area contributed by atoms with Gasteiger partial charge in [-0.1, -0.05) is 24.3 Å². The summed E-state index contributed by atoms with van der Waals surface area (Å²) in [4.78, 5) is 15.0. The minimum absolute atomic E-state index is 0.0534. The maximum absolute atomic E-state index is 13.3. The summed E-state index contributed by atoms with van der Waals surface area (Å²) in [6.45, 7) is -0.662. The zero-order valence-electron chi connectivity index (χ0n) is 15.1. The molecule has 0 fully saturated rings. The summed E-state index contributed by atoms with van der Waals surface area (Å²) >= 11 is 0. The van der Waals surface area contributed by atoms with Gasteiger partial charge in [-0.15, -0.1) is 0 Å². The molecule has 0 bridgehead atoms. The summed E-state index contributed by atoms with van der Waals surface area (Å²) in [5, 5.41) is 31.4. The number of alkyl halides is 3. The quantitative estimate of drug-likeness (QED) is 0.431. The number of aromatic nitrogens is 1. The van der Waals surface area contributed by atoms with Crippen LogP contribution in [0.5, 0.6) is 0 Å². The maximum atomic E-state index is 13.3. The highest BCUT2D eigenvalue weighted by atomic mass is 19.4. The second-order valence-corrected chi connectivity index (χ2v) is 6.56. The van der Waals surface area contributed by atoms with Crippen LogP contribution in [0.1, 0.15) is 5.56 Å². The average molecular weight is 408 g/mol. The Morgan fingerprint density at radius 2 is 1.76 bits per heavy atom. The Hall–Kier alpha value is -2.88. The number of aliphatic hydroxyl groups excluding tert-OH is 3. The predicted octanol–water partition coefficient (Wildman–Crippen LogP) is 2.34. The summed E-state index contributed by atoms with van der Waals surface area (Å²) in [6.07, 6.45) is -7.08. The summed E-state index contributed by atoms with van der Waals surface area (Å²) in [7, 11) is 0. The van der Waals surface area contributed by atoms with Crippen LogP contribution in [-0.4, -0.2) is 45.7 Å². The molecule has 0 amide bonds. The lowest BCUT2D eigenvalue weighted by Crippen LogP contribution is -2.35. The fourth-order valence-electron chi connectivity index (χ4n) is 2.96. The van der Waals surface area contributed by atoms with Gasteiger partial charge in [0.1, 0.15) is 6.10 Å². The molecule has 5 N–H and O–H groups in total. The molecular weight excluding hydrogens is 389 g/mol. The van der Waals surface area contributed by atoms with Crippen molar-refractivity contribution in [1.82, 2.24) is 4.98 Å². The van der Waals surface area contributed by atoms with Crippen LogP contribution in [0.4, 0.5) is 18.9 Å². The van der Waals surface area contributed by atoms with Gasteiger partial charge in [0.15, 0.2) is 0 Å². The second kappa shape index (κ2) is 8.24. The first-order valence-corrected chi connectivity index (χ1v) is 8.75. The van der Waals surface area contributed by atoms with E-state index in [-0.39, 0.29) is 23.2 Å². The molecule has 0 aliphatic heterocycles. The zero-order chi connectivity index (χ0) is 21.2. The molecule has 0 aliphatic rings. The third-order valence-corrected chi connectivity index (χ3v) is 4.52. The number of pyridine rings is 1. The Morgan fingerprint density at radius 1 is 1.03 bits per heavy atom. The van der Waals surface area contributed by atoms with E-state index in [2.05, 4.69) is 10.3 Å². The smallest absolute Gasteiger partial charge is 0.394 e. The SMILES string of the molecule is O=c1[nH]c(-c2ccccc2C(F)(F)F)cc2ccc(NC[C@H](O)[C@H](O)CO)cc12. The van der Waals surface area contributed by atoms with Crippen LogP contribution in [0.15, 0.2) is 53.3 Å². The summed E-state index contributed by atoms with van der Waals surface area (Å²) in [6, 6.07) is 11.1. The third-order valence-electron chi connectivity index (χ3n) is 4.52. The monoisotopic (exact) mass is 408 g/mol. The molecule has 0 unspecified atom stereocenters. The molecule has 0 radical (unpaired) electrons. The van der Waals surface area contributed by atoms with E-state index >= 15 is 0 Å². The van der Waals surface area contributed by atoms with Crippen molar-refractivity contribution >= 4 is 16.5 Å². The van der Waals surface area contributed by atoms with Crippen molar-refractivity contribution in [2.45, 2.75) is 18.4 Å². The van der Waals surface area contributed by atoms with Crippen LogP contribution in [0.25, 0.3) is 22.0 Å². The van der Waals surface area contributed by atoms with E-state index in [1.54, 1.807) is 12.1 Å². The van der Waals surface area contributed by atoms with Gasteiger partial charge < -0.3 is 25.6 Å². The van der Waals surface area contributed by atoms with Crippen LogP contribution in [-0.2, 0) is 6.18 Å². The highest BCUT2D eigenvalue weighted by Gasteiger charge is 2.33. The normalized spacial score (nSPS) is 14.0. The van der Waals surface area contributed by atoms with Gasteiger partial charge in [0.25, 0.3) is 5.56 Å².